The van der Waals surface area contributed by atoms with Crippen molar-refractivity contribution < 1.29 is 19.0 Å². The van der Waals surface area contributed by atoms with Crippen molar-refractivity contribution in [3.05, 3.63) is 29.6 Å². The predicted molar refractivity (Wildman–Crippen MR) is 62.9 cm³/mol. The Hall–Kier alpha value is -1.62. The Morgan fingerprint density at radius 2 is 2.29 bits per heavy atom. The maximum Gasteiger partial charge on any atom is 0.337 e. The smallest absolute Gasteiger partial charge is 0.337 e. The molecule has 1 rings (SSSR count). The van der Waals surface area contributed by atoms with Gasteiger partial charge in [0.1, 0.15) is 5.82 Å². The first-order valence-corrected chi connectivity index (χ1v) is 5.33. The topological polar surface area (TPSA) is 58.6 Å². The Labute approximate surface area is 99.4 Å². The second-order valence-electron chi connectivity index (χ2n) is 3.79. The van der Waals surface area contributed by atoms with Crippen LogP contribution < -0.4 is 5.32 Å². The van der Waals surface area contributed by atoms with E-state index >= 15 is 0 Å². The van der Waals surface area contributed by atoms with Crippen molar-refractivity contribution in [1.29, 1.82) is 0 Å². The maximum atomic E-state index is 13.5. The number of benzene rings is 1. The maximum absolute atomic E-state index is 13.5. The zero-order valence-corrected chi connectivity index (χ0v) is 9.87. The summed E-state index contributed by atoms with van der Waals surface area (Å²) in [6, 6.07) is 3.92. The van der Waals surface area contributed by atoms with Gasteiger partial charge in [0.05, 0.1) is 11.3 Å². The monoisotopic (exact) mass is 241 g/mol. The van der Waals surface area contributed by atoms with Crippen molar-refractivity contribution >= 4 is 11.7 Å². The van der Waals surface area contributed by atoms with Crippen LogP contribution in [0.5, 0.6) is 0 Å². The molecule has 0 bridgehead atoms. The van der Waals surface area contributed by atoms with Gasteiger partial charge >= 0.3 is 5.97 Å². The van der Waals surface area contributed by atoms with Crippen molar-refractivity contribution in [1.82, 2.24) is 0 Å². The van der Waals surface area contributed by atoms with E-state index < -0.39 is 11.8 Å². The molecule has 0 aromatic heterocycles. The van der Waals surface area contributed by atoms with Crippen LogP contribution in [0.4, 0.5) is 10.1 Å². The van der Waals surface area contributed by atoms with Crippen LogP contribution in [-0.4, -0.2) is 30.8 Å². The summed E-state index contributed by atoms with van der Waals surface area (Å²) < 4.78 is 18.4. The van der Waals surface area contributed by atoms with Gasteiger partial charge in [-0.15, -0.1) is 0 Å². The number of carboxylic acid groups (broad SMARTS) is 1. The van der Waals surface area contributed by atoms with Crippen molar-refractivity contribution in [2.45, 2.75) is 19.4 Å². The highest BCUT2D eigenvalue weighted by Crippen LogP contribution is 2.21. The summed E-state index contributed by atoms with van der Waals surface area (Å²) in [5.74, 6) is -1.71. The van der Waals surface area contributed by atoms with Crippen LogP contribution in [0.2, 0.25) is 0 Å². The summed E-state index contributed by atoms with van der Waals surface area (Å²) in [5.41, 5.74) is -0.0298. The number of rotatable bonds is 6. The molecule has 0 fully saturated rings. The molecule has 94 valence electrons. The van der Waals surface area contributed by atoms with Gasteiger partial charge in [-0.3, -0.25) is 0 Å². The van der Waals surface area contributed by atoms with Crippen molar-refractivity contribution in [3.8, 4) is 0 Å². The molecular weight excluding hydrogens is 225 g/mol. The third kappa shape index (κ3) is 3.71. The number of anilines is 1. The van der Waals surface area contributed by atoms with Crippen LogP contribution >= 0.6 is 0 Å². The highest BCUT2D eigenvalue weighted by atomic mass is 19.1. The lowest BCUT2D eigenvalue weighted by Crippen LogP contribution is -2.20. The fraction of sp³-hybridized carbons (Fsp3) is 0.417. The summed E-state index contributed by atoms with van der Waals surface area (Å²) in [4.78, 5) is 10.9. The third-order valence-electron chi connectivity index (χ3n) is 2.39. The molecule has 0 saturated heterocycles. The minimum Gasteiger partial charge on any atom is -0.478 e. The SMILES string of the molecule is COCCC(C)Nc1c(F)cccc1C(=O)O. The molecule has 4 nitrogen and oxygen atoms in total. The molecule has 2 N–H and O–H groups in total. The van der Waals surface area contributed by atoms with E-state index in [1.165, 1.54) is 18.2 Å². The fourth-order valence-electron chi connectivity index (χ4n) is 1.46. The molecule has 0 amide bonds. The molecule has 0 spiro atoms. The number of nitrogens with one attached hydrogen (secondary N) is 1. The average Bonchev–Trinajstić information content (AvgIpc) is 2.28. The zero-order valence-electron chi connectivity index (χ0n) is 9.87. The molecular formula is C12H16FNO3. The molecule has 0 aliphatic carbocycles. The lowest BCUT2D eigenvalue weighted by Gasteiger charge is -2.17. The molecule has 0 radical (unpaired) electrons. The minimum atomic E-state index is -1.15. The molecule has 1 atom stereocenters. The van der Waals surface area contributed by atoms with Gasteiger partial charge in [0, 0.05) is 19.8 Å². The van der Waals surface area contributed by atoms with Crippen LogP contribution in [-0.2, 0) is 4.74 Å². The van der Waals surface area contributed by atoms with Gasteiger partial charge in [0.15, 0.2) is 0 Å². The van der Waals surface area contributed by atoms with Crippen LogP contribution in [0.3, 0.4) is 0 Å². The number of methoxy groups -OCH3 is 1. The average molecular weight is 241 g/mol. The summed E-state index contributed by atoms with van der Waals surface area (Å²) in [5, 5.41) is 11.8. The van der Waals surface area contributed by atoms with E-state index in [1.54, 1.807) is 7.11 Å². The van der Waals surface area contributed by atoms with E-state index in [1.807, 2.05) is 6.92 Å². The van der Waals surface area contributed by atoms with Gasteiger partial charge in [-0.25, -0.2) is 9.18 Å². The predicted octanol–water partition coefficient (Wildman–Crippen LogP) is 2.36. The van der Waals surface area contributed by atoms with Crippen LogP contribution in [0.15, 0.2) is 18.2 Å². The van der Waals surface area contributed by atoms with Crippen molar-refractivity contribution in [2.24, 2.45) is 0 Å². The quantitative estimate of drug-likeness (QED) is 0.802. The van der Waals surface area contributed by atoms with E-state index in [0.29, 0.717) is 13.0 Å². The van der Waals surface area contributed by atoms with Gasteiger partial charge < -0.3 is 15.2 Å². The number of hydrogen-bond acceptors (Lipinski definition) is 3. The Balaban J connectivity index is 2.85. The lowest BCUT2D eigenvalue weighted by atomic mass is 10.1. The minimum absolute atomic E-state index is 0.0311. The van der Waals surface area contributed by atoms with Crippen molar-refractivity contribution in [3.63, 3.8) is 0 Å². The molecule has 0 aliphatic rings. The summed E-state index contributed by atoms with van der Waals surface area (Å²) in [7, 11) is 1.58. The number of para-hydroxylation sites is 1. The van der Waals surface area contributed by atoms with E-state index in [0.717, 1.165) is 0 Å². The highest BCUT2D eigenvalue weighted by molar-refractivity contribution is 5.94. The van der Waals surface area contributed by atoms with Gasteiger partial charge in [-0.1, -0.05) is 6.07 Å². The lowest BCUT2D eigenvalue weighted by molar-refractivity contribution is 0.0697. The van der Waals surface area contributed by atoms with E-state index in [4.69, 9.17) is 9.84 Å². The number of aromatic carboxylic acids is 1. The molecule has 5 heteroatoms. The number of hydrogen-bond donors (Lipinski definition) is 2. The largest absolute Gasteiger partial charge is 0.478 e. The van der Waals surface area contributed by atoms with Crippen molar-refractivity contribution in [2.75, 3.05) is 19.0 Å². The normalized spacial score (nSPS) is 12.2. The standard InChI is InChI=1S/C12H16FNO3/c1-8(6-7-17-2)14-11-9(12(15)16)4-3-5-10(11)13/h3-5,8,14H,6-7H2,1-2H3,(H,15,16). The zero-order chi connectivity index (χ0) is 12.8. The summed E-state index contributed by atoms with van der Waals surface area (Å²) in [6.45, 7) is 2.38. The van der Waals surface area contributed by atoms with E-state index in [-0.39, 0.29) is 17.3 Å². The Bertz CT molecular complexity index is 395. The second kappa shape index (κ2) is 6.20. The Kier molecular flexibility index (Phi) is 4.90. The molecule has 0 saturated carbocycles. The summed E-state index contributed by atoms with van der Waals surface area (Å²) in [6.07, 6.45) is 0.671. The van der Waals surface area contributed by atoms with Gasteiger partial charge in [0.2, 0.25) is 0 Å². The fourth-order valence-corrected chi connectivity index (χ4v) is 1.46. The molecule has 17 heavy (non-hydrogen) atoms. The molecule has 1 unspecified atom stereocenters. The molecule has 0 aliphatic heterocycles. The van der Waals surface area contributed by atoms with Gasteiger partial charge in [-0.05, 0) is 25.5 Å². The Morgan fingerprint density at radius 1 is 1.59 bits per heavy atom. The first-order valence-electron chi connectivity index (χ1n) is 5.33. The Morgan fingerprint density at radius 3 is 2.88 bits per heavy atom. The van der Waals surface area contributed by atoms with Crippen LogP contribution in [0.25, 0.3) is 0 Å². The highest BCUT2D eigenvalue weighted by Gasteiger charge is 2.15. The van der Waals surface area contributed by atoms with Crippen LogP contribution in [0, 0.1) is 5.82 Å². The molecule has 0 heterocycles. The molecule has 1 aromatic rings. The van der Waals surface area contributed by atoms with E-state index in [2.05, 4.69) is 5.32 Å². The van der Waals surface area contributed by atoms with Gasteiger partial charge in [0.25, 0.3) is 0 Å². The number of carbonyl (C=O) groups is 1. The first-order chi connectivity index (χ1) is 8.06. The molecule has 1 aromatic carbocycles. The summed E-state index contributed by atoms with van der Waals surface area (Å²) >= 11 is 0. The number of carboxylic acids is 1. The first kappa shape index (κ1) is 13.4. The van der Waals surface area contributed by atoms with E-state index in [9.17, 15) is 9.18 Å². The number of halogens is 1. The van der Waals surface area contributed by atoms with Gasteiger partial charge in [-0.2, -0.15) is 0 Å². The number of ether oxygens (including phenoxy) is 1. The van der Waals surface area contributed by atoms with Crippen LogP contribution in [0.1, 0.15) is 23.7 Å². The third-order valence-corrected chi connectivity index (χ3v) is 2.39. The second-order valence-corrected chi connectivity index (χ2v) is 3.79.